The van der Waals surface area contributed by atoms with Crippen LogP contribution in [0.3, 0.4) is 0 Å². The molecule has 0 aromatic rings. The molecule has 0 atom stereocenters. The van der Waals surface area contributed by atoms with Gasteiger partial charge < -0.3 is 4.90 Å². The zero-order valence-corrected chi connectivity index (χ0v) is 12.7. The lowest BCUT2D eigenvalue weighted by Gasteiger charge is -2.36. The van der Waals surface area contributed by atoms with E-state index >= 15 is 0 Å². The average Bonchev–Trinajstić information content (AvgIpc) is 2.29. The minimum Gasteiger partial charge on any atom is -0.303 e. The summed E-state index contributed by atoms with van der Waals surface area (Å²) in [6, 6.07) is 0. The first kappa shape index (κ1) is 14.5. The van der Waals surface area contributed by atoms with E-state index in [-0.39, 0.29) is 0 Å². The van der Waals surface area contributed by atoms with Gasteiger partial charge in [-0.15, -0.1) is 0 Å². The van der Waals surface area contributed by atoms with Crippen molar-refractivity contribution < 1.29 is 0 Å². The van der Waals surface area contributed by atoms with E-state index in [2.05, 4.69) is 34.7 Å². The van der Waals surface area contributed by atoms with Gasteiger partial charge in [-0.2, -0.15) is 0 Å². The van der Waals surface area contributed by atoms with Gasteiger partial charge in [0, 0.05) is 11.9 Å². The van der Waals surface area contributed by atoms with Crippen LogP contribution in [-0.2, 0) is 0 Å². The first-order chi connectivity index (χ1) is 7.76. The highest BCUT2D eigenvalue weighted by molar-refractivity contribution is 9.09. The van der Waals surface area contributed by atoms with E-state index in [0.29, 0.717) is 5.41 Å². The maximum atomic E-state index is 3.73. The molecule has 0 N–H and O–H groups in total. The quantitative estimate of drug-likeness (QED) is 0.676. The Kier molecular flexibility index (Phi) is 6.98. The molecule has 0 aromatic carbocycles. The molecule has 1 heterocycles. The lowest BCUT2D eigenvalue weighted by Crippen LogP contribution is -2.40. The maximum absolute atomic E-state index is 3.73. The average molecular weight is 290 g/mol. The second-order valence-electron chi connectivity index (χ2n) is 5.38. The van der Waals surface area contributed by atoms with Gasteiger partial charge in [-0.05, 0) is 44.2 Å². The van der Waals surface area contributed by atoms with Gasteiger partial charge >= 0.3 is 0 Å². The van der Waals surface area contributed by atoms with E-state index in [9.17, 15) is 0 Å². The van der Waals surface area contributed by atoms with Gasteiger partial charge in [-0.25, -0.2) is 0 Å². The fraction of sp³-hybridized carbons (Fsp3) is 1.00. The molecule has 1 nitrogen and oxygen atoms in total. The fourth-order valence-electron chi connectivity index (χ4n) is 2.65. The van der Waals surface area contributed by atoms with Crippen molar-refractivity contribution >= 4 is 15.9 Å². The molecule has 0 radical (unpaired) electrons. The van der Waals surface area contributed by atoms with Crippen molar-refractivity contribution in [1.82, 2.24) is 4.90 Å². The Morgan fingerprint density at radius 1 is 0.938 bits per heavy atom. The Balaban J connectivity index is 2.47. The van der Waals surface area contributed by atoms with Gasteiger partial charge in [0.2, 0.25) is 0 Å². The van der Waals surface area contributed by atoms with Gasteiger partial charge in [0.1, 0.15) is 0 Å². The third kappa shape index (κ3) is 4.37. The standard InChI is InChI=1S/C14H28BrN/c1-3-14(4-2,12-15)13-16-10-8-6-5-7-9-11-16/h3-13H2,1-2H3. The van der Waals surface area contributed by atoms with Crippen LogP contribution in [0.1, 0.15) is 58.8 Å². The second-order valence-corrected chi connectivity index (χ2v) is 5.95. The van der Waals surface area contributed by atoms with Crippen molar-refractivity contribution in [1.29, 1.82) is 0 Å². The number of likely N-dealkylation sites (tertiary alicyclic amines) is 1. The zero-order valence-electron chi connectivity index (χ0n) is 11.1. The summed E-state index contributed by atoms with van der Waals surface area (Å²) in [5, 5.41) is 1.16. The fourth-order valence-corrected chi connectivity index (χ4v) is 3.62. The molecule has 0 unspecified atom stereocenters. The topological polar surface area (TPSA) is 3.24 Å². The van der Waals surface area contributed by atoms with E-state index < -0.39 is 0 Å². The molecular formula is C14H28BrN. The van der Waals surface area contributed by atoms with Crippen LogP contribution in [0.25, 0.3) is 0 Å². The third-order valence-corrected chi connectivity index (χ3v) is 5.48. The van der Waals surface area contributed by atoms with Gasteiger partial charge in [-0.1, -0.05) is 49.0 Å². The van der Waals surface area contributed by atoms with E-state index in [1.807, 2.05) is 0 Å². The molecule has 0 bridgehead atoms. The molecule has 0 aliphatic carbocycles. The SMILES string of the molecule is CCC(CC)(CBr)CN1CCCCCCC1. The number of alkyl halides is 1. The summed E-state index contributed by atoms with van der Waals surface area (Å²) in [4.78, 5) is 2.72. The molecule has 0 saturated carbocycles. The third-order valence-electron chi connectivity index (χ3n) is 4.29. The second kappa shape index (κ2) is 7.71. The summed E-state index contributed by atoms with van der Waals surface area (Å²) >= 11 is 3.73. The van der Waals surface area contributed by atoms with Crippen LogP contribution in [-0.4, -0.2) is 29.9 Å². The van der Waals surface area contributed by atoms with E-state index in [4.69, 9.17) is 0 Å². The Labute approximate surface area is 110 Å². The molecule has 0 spiro atoms. The van der Waals surface area contributed by atoms with Crippen molar-refractivity contribution in [2.45, 2.75) is 58.8 Å². The number of hydrogen-bond donors (Lipinski definition) is 0. The number of hydrogen-bond acceptors (Lipinski definition) is 1. The summed E-state index contributed by atoms with van der Waals surface area (Å²) in [7, 11) is 0. The largest absolute Gasteiger partial charge is 0.303 e. The number of halogens is 1. The Morgan fingerprint density at radius 3 is 1.88 bits per heavy atom. The Morgan fingerprint density at radius 2 is 1.44 bits per heavy atom. The molecule has 1 aliphatic heterocycles. The van der Waals surface area contributed by atoms with Crippen LogP contribution in [0.2, 0.25) is 0 Å². The number of nitrogens with zero attached hydrogens (tertiary/aromatic N) is 1. The Hall–Kier alpha value is 0.440. The highest BCUT2D eigenvalue weighted by Gasteiger charge is 2.27. The van der Waals surface area contributed by atoms with Gasteiger partial charge in [-0.3, -0.25) is 0 Å². The maximum Gasteiger partial charge on any atom is 0.01000 e. The molecule has 16 heavy (non-hydrogen) atoms. The van der Waals surface area contributed by atoms with Gasteiger partial charge in [0.05, 0.1) is 0 Å². The molecule has 1 aliphatic rings. The Bertz CT molecular complexity index is 161. The molecule has 1 fully saturated rings. The molecule has 0 aromatic heterocycles. The zero-order chi connectivity index (χ0) is 11.9. The molecule has 1 rings (SSSR count). The van der Waals surface area contributed by atoms with Crippen LogP contribution in [0, 0.1) is 5.41 Å². The minimum absolute atomic E-state index is 0.513. The van der Waals surface area contributed by atoms with Crippen molar-refractivity contribution in [3.05, 3.63) is 0 Å². The molecule has 0 amide bonds. The van der Waals surface area contributed by atoms with Crippen LogP contribution in [0.15, 0.2) is 0 Å². The molecule has 1 saturated heterocycles. The van der Waals surface area contributed by atoms with Crippen molar-refractivity contribution in [2.75, 3.05) is 25.0 Å². The van der Waals surface area contributed by atoms with Crippen molar-refractivity contribution in [3.8, 4) is 0 Å². The summed E-state index contributed by atoms with van der Waals surface area (Å²) in [5.74, 6) is 0. The normalized spacial score (nSPS) is 20.4. The first-order valence-corrected chi connectivity index (χ1v) is 8.17. The lowest BCUT2D eigenvalue weighted by molar-refractivity contribution is 0.148. The van der Waals surface area contributed by atoms with Crippen LogP contribution in [0.5, 0.6) is 0 Å². The summed E-state index contributed by atoms with van der Waals surface area (Å²) in [5.41, 5.74) is 0.513. The summed E-state index contributed by atoms with van der Waals surface area (Å²) < 4.78 is 0. The molecule has 2 heteroatoms. The summed E-state index contributed by atoms with van der Waals surface area (Å²) in [6.45, 7) is 8.64. The number of rotatable bonds is 5. The van der Waals surface area contributed by atoms with Gasteiger partial charge in [0.15, 0.2) is 0 Å². The smallest absolute Gasteiger partial charge is 0.01000 e. The van der Waals surface area contributed by atoms with E-state index in [1.54, 1.807) is 0 Å². The highest BCUT2D eigenvalue weighted by atomic mass is 79.9. The predicted octanol–water partition coefficient (Wildman–Crippen LogP) is 4.45. The monoisotopic (exact) mass is 289 g/mol. The molecule has 96 valence electrons. The highest BCUT2D eigenvalue weighted by Crippen LogP contribution is 2.30. The molecular weight excluding hydrogens is 262 g/mol. The summed E-state index contributed by atoms with van der Waals surface area (Å²) in [6.07, 6.45) is 9.75. The lowest BCUT2D eigenvalue weighted by atomic mass is 9.84. The van der Waals surface area contributed by atoms with Crippen molar-refractivity contribution in [2.24, 2.45) is 5.41 Å². The van der Waals surface area contributed by atoms with Crippen LogP contribution >= 0.6 is 15.9 Å². The van der Waals surface area contributed by atoms with Crippen LogP contribution in [0.4, 0.5) is 0 Å². The minimum atomic E-state index is 0.513. The van der Waals surface area contributed by atoms with Gasteiger partial charge in [0.25, 0.3) is 0 Å². The van der Waals surface area contributed by atoms with Crippen molar-refractivity contribution in [3.63, 3.8) is 0 Å². The predicted molar refractivity (Wildman–Crippen MR) is 76.3 cm³/mol. The van der Waals surface area contributed by atoms with E-state index in [0.717, 1.165) is 5.33 Å². The van der Waals surface area contributed by atoms with E-state index in [1.165, 1.54) is 64.6 Å². The first-order valence-electron chi connectivity index (χ1n) is 7.04. The van der Waals surface area contributed by atoms with Crippen LogP contribution < -0.4 is 0 Å².